The molecule has 1 saturated carbocycles. The van der Waals surface area contributed by atoms with Crippen LogP contribution >= 0.6 is 12.4 Å². The summed E-state index contributed by atoms with van der Waals surface area (Å²) in [5.41, 5.74) is 5.43. The molecule has 2 atom stereocenters. The summed E-state index contributed by atoms with van der Waals surface area (Å²) in [6.45, 7) is 0.497. The van der Waals surface area contributed by atoms with Gasteiger partial charge in [-0.05, 0) is 37.4 Å². The molecule has 0 heterocycles. The number of amides is 1. The SMILES string of the molecule is Cl.NCC1CCCCC1NC(=O)c1cccc(F)c1F. The quantitative estimate of drug-likeness (QED) is 0.902. The van der Waals surface area contributed by atoms with Crippen LogP contribution in [0, 0.1) is 17.6 Å². The lowest BCUT2D eigenvalue weighted by atomic mass is 9.84. The van der Waals surface area contributed by atoms with Crippen LogP contribution in [0.4, 0.5) is 8.78 Å². The monoisotopic (exact) mass is 304 g/mol. The summed E-state index contributed by atoms with van der Waals surface area (Å²) in [6.07, 6.45) is 3.92. The molecule has 3 nitrogen and oxygen atoms in total. The van der Waals surface area contributed by atoms with Gasteiger partial charge < -0.3 is 11.1 Å². The number of hydrogen-bond acceptors (Lipinski definition) is 2. The van der Waals surface area contributed by atoms with Crippen molar-refractivity contribution in [3.63, 3.8) is 0 Å². The minimum Gasteiger partial charge on any atom is -0.349 e. The highest BCUT2D eigenvalue weighted by Crippen LogP contribution is 2.24. The van der Waals surface area contributed by atoms with Crippen molar-refractivity contribution in [2.24, 2.45) is 11.7 Å². The van der Waals surface area contributed by atoms with Crippen LogP contribution in [0.2, 0.25) is 0 Å². The van der Waals surface area contributed by atoms with Gasteiger partial charge in [-0.1, -0.05) is 18.9 Å². The maximum absolute atomic E-state index is 13.5. The summed E-state index contributed by atoms with van der Waals surface area (Å²) >= 11 is 0. The van der Waals surface area contributed by atoms with Crippen molar-refractivity contribution in [1.29, 1.82) is 0 Å². The van der Waals surface area contributed by atoms with E-state index in [-0.39, 0.29) is 29.9 Å². The van der Waals surface area contributed by atoms with E-state index < -0.39 is 17.5 Å². The number of benzene rings is 1. The van der Waals surface area contributed by atoms with Gasteiger partial charge in [0.1, 0.15) is 0 Å². The Morgan fingerprint density at radius 1 is 1.30 bits per heavy atom. The van der Waals surface area contributed by atoms with Crippen LogP contribution in [-0.2, 0) is 0 Å². The van der Waals surface area contributed by atoms with Crippen molar-refractivity contribution in [3.05, 3.63) is 35.4 Å². The molecule has 1 aromatic carbocycles. The average Bonchev–Trinajstić information content (AvgIpc) is 2.42. The first-order valence-corrected chi connectivity index (χ1v) is 6.58. The van der Waals surface area contributed by atoms with Gasteiger partial charge in [0.05, 0.1) is 5.56 Å². The Hall–Kier alpha value is -1.20. The highest BCUT2D eigenvalue weighted by Gasteiger charge is 2.26. The molecule has 3 N–H and O–H groups in total. The number of hydrogen-bond donors (Lipinski definition) is 2. The topological polar surface area (TPSA) is 55.1 Å². The second-order valence-electron chi connectivity index (χ2n) is 4.96. The molecule has 0 aromatic heterocycles. The zero-order chi connectivity index (χ0) is 13.8. The fraction of sp³-hybridized carbons (Fsp3) is 0.500. The normalized spacial score (nSPS) is 21.9. The van der Waals surface area contributed by atoms with Crippen molar-refractivity contribution in [2.45, 2.75) is 31.7 Å². The fourth-order valence-electron chi connectivity index (χ4n) is 2.61. The van der Waals surface area contributed by atoms with Crippen molar-refractivity contribution >= 4 is 18.3 Å². The fourth-order valence-corrected chi connectivity index (χ4v) is 2.61. The molecule has 112 valence electrons. The van der Waals surface area contributed by atoms with Gasteiger partial charge in [-0.2, -0.15) is 0 Å². The first-order chi connectivity index (χ1) is 9.13. The zero-order valence-corrected chi connectivity index (χ0v) is 11.9. The molecule has 6 heteroatoms. The summed E-state index contributed by atoms with van der Waals surface area (Å²) in [5, 5.41) is 2.78. The van der Waals surface area contributed by atoms with Crippen molar-refractivity contribution < 1.29 is 13.6 Å². The molecular formula is C14H19ClF2N2O. The van der Waals surface area contributed by atoms with E-state index in [1.54, 1.807) is 0 Å². The van der Waals surface area contributed by atoms with Crippen LogP contribution in [0.25, 0.3) is 0 Å². The Kier molecular flexibility index (Phi) is 6.36. The predicted octanol–water partition coefficient (Wildman–Crippen LogP) is 2.63. The molecule has 1 aromatic rings. The van der Waals surface area contributed by atoms with Crippen molar-refractivity contribution in [1.82, 2.24) is 5.32 Å². The molecule has 0 aliphatic heterocycles. The van der Waals surface area contributed by atoms with E-state index >= 15 is 0 Å². The first-order valence-electron chi connectivity index (χ1n) is 6.58. The maximum atomic E-state index is 13.5. The van der Waals surface area contributed by atoms with E-state index in [0.29, 0.717) is 6.54 Å². The lowest BCUT2D eigenvalue weighted by molar-refractivity contribution is 0.0903. The Morgan fingerprint density at radius 2 is 2.00 bits per heavy atom. The van der Waals surface area contributed by atoms with Crippen LogP contribution in [0.15, 0.2) is 18.2 Å². The Labute approximate surface area is 123 Å². The third kappa shape index (κ3) is 3.67. The van der Waals surface area contributed by atoms with Gasteiger partial charge in [0, 0.05) is 6.04 Å². The highest BCUT2D eigenvalue weighted by atomic mass is 35.5. The standard InChI is InChI=1S/C14H18F2N2O.ClH/c15-11-6-3-5-10(13(11)16)14(19)18-12-7-2-1-4-9(12)8-17;/h3,5-6,9,12H,1-2,4,7-8,17H2,(H,18,19);1H. The van der Waals surface area contributed by atoms with Crippen molar-refractivity contribution in [3.8, 4) is 0 Å². The summed E-state index contributed by atoms with van der Waals surface area (Å²) in [7, 11) is 0. The van der Waals surface area contributed by atoms with E-state index in [0.717, 1.165) is 31.7 Å². The highest BCUT2D eigenvalue weighted by molar-refractivity contribution is 5.94. The van der Waals surface area contributed by atoms with Crippen LogP contribution in [0.3, 0.4) is 0 Å². The van der Waals surface area contributed by atoms with E-state index in [4.69, 9.17) is 5.73 Å². The third-order valence-electron chi connectivity index (χ3n) is 3.72. The smallest absolute Gasteiger partial charge is 0.254 e. The second-order valence-corrected chi connectivity index (χ2v) is 4.96. The predicted molar refractivity (Wildman–Crippen MR) is 75.9 cm³/mol. The Morgan fingerprint density at radius 3 is 2.70 bits per heavy atom. The molecule has 1 aliphatic rings. The third-order valence-corrected chi connectivity index (χ3v) is 3.72. The summed E-state index contributed by atoms with van der Waals surface area (Å²) in [4.78, 5) is 12.0. The maximum Gasteiger partial charge on any atom is 0.254 e. The Balaban J connectivity index is 0.00000200. The molecule has 2 unspecified atom stereocenters. The molecule has 20 heavy (non-hydrogen) atoms. The van der Waals surface area contributed by atoms with Gasteiger partial charge >= 0.3 is 0 Å². The summed E-state index contributed by atoms with van der Waals surface area (Å²) in [5.74, 6) is -2.46. The minimum atomic E-state index is -1.10. The number of halogens is 3. The molecule has 1 fully saturated rings. The van der Waals surface area contributed by atoms with Gasteiger partial charge in [0.2, 0.25) is 0 Å². The van der Waals surface area contributed by atoms with Gasteiger partial charge in [-0.3, -0.25) is 4.79 Å². The number of nitrogens with two attached hydrogens (primary N) is 1. The number of carbonyl (C=O) groups excluding carboxylic acids is 1. The lowest BCUT2D eigenvalue weighted by Crippen LogP contribution is -2.45. The number of carbonyl (C=O) groups is 1. The molecule has 0 spiro atoms. The second kappa shape index (κ2) is 7.55. The molecule has 1 aliphatic carbocycles. The summed E-state index contributed by atoms with van der Waals surface area (Å²) < 4.78 is 26.6. The Bertz CT molecular complexity index is 470. The van der Waals surface area contributed by atoms with E-state index in [1.165, 1.54) is 12.1 Å². The molecular weight excluding hydrogens is 286 g/mol. The molecule has 2 rings (SSSR count). The number of nitrogens with one attached hydrogen (secondary N) is 1. The lowest BCUT2D eigenvalue weighted by Gasteiger charge is -2.31. The molecule has 1 amide bonds. The van der Waals surface area contributed by atoms with Gasteiger partial charge in [0.15, 0.2) is 11.6 Å². The first kappa shape index (κ1) is 16.9. The van der Waals surface area contributed by atoms with Gasteiger partial charge in [-0.15, -0.1) is 12.4 Å². The van der Waals surface area contributed by atoms with Crippen LogP contribution in [-0.4, -0.2) is 18.5 Å². The van der Waals surface area contributed by atoms with Gasteiger partial charge in [-0.25, -0.2) is 8.78 Å². The average molecular weight is 305 g/mol. The van der Waals surface area contributed by atoms with E-state index in [9.17, 15) is 13.6 Å². The van der Waals surface area contributed by atoms with Crippen LogP contribution in [0.1, 0.15) is 36.0 Å². The zero-order valence-electron chi connectivity index (χ0n) is 11.1. The van der Waals surface area contributed by atoms with E-state index in [1.807, 2.05) is 0 Å². The van der Waals surface area contributed by atoms with Crippen LogP contribution < -0.4 is 11.1 Å². The van der Waals surface area contributed by atoms with E-state index in [2.05, 4.69) is 5.32 Å². The van der Waals surface area contributed by atoms with Gasteiger partial charge in [0.25, 0.3) is 5.91 Å². The van der Waals surface area contributed by atoms with Crippen molar-refractivity contribution in [2.75, 3.05) is 6.54 Å². The summed E-state index contributed by atoms with van der Waals surface area (Å²) in [6, 6.07) is 3.56. The molecule has 0 radical (unpaired) electrons. The number of rotatable bonds is 3. The molecule has 0 saturated heterocycles. The largest absolute Gasteiger partial charge is 0.349 e. The minimum absolute atomic E-state index is 0. The van der Waals surface area contributed by atoms with Crippen LogP contribution in [0.5, 0.6) is 0 Å². The molecule has 0 bridgehead atoms.